The highest BCUT2D eigenvalue weighted by Crippen LogP contribution is 2.13. The van der Waals surface area contributed by atoms with Crippen LogP contribution in [0.3, 0.4) is 0 Å². The minimum atomic E-state index is 0.966. The smallest absolute Gasteiger partial charge is 0.0389 e. The van der Waals surface area contributed by atoms with Gasteiger partial charge in [-0.3, -0.25) is 4.99 Å². The number of unbranched alkanes of at least 4 members (excludes halogenated alkanes) is 13. The van der Waals surface area contributed by atoms with Crippen LogP contribution in [0.4, 0.5) is 5.69 Å². The minimum absolute atomic E-state index is 0.966. The lowest BCUT2D eigenvalue weighted by atomic mass is 10.0. The van der Waals surface area contributed by atoms with Crippen molar-refractivity contribution in [2.75, 3.05) is 25.5 Å². The maximum Gasteiger partial charge on any atom is 0.0389 e. The van der Waals surface area contributed by atoms with Crippen LogP contribution in [-0.4, -0.2) is 26.9 Å². The fourth-order valence-electron chi connectivity index (χ4n) is 3.43. The summed E-state index contributed by atoms with van der Waals surface area (Å²) < 4.78 is 0. The summed E-state index contributed by atoms with van der Waals surface area (Å²) in [6.07, 6.45) is 21.7. The summed E-state index contributed by atoms with van der Waals surface area (Å²) in [6, 6.07) is 8.58. The quantitative estimate of drug-likeness (QED) is 0.202. The monoisotopic (exact) mass is 372 g/mol. The Morgan fingerprint density at radius 2 is 1.11 bits per heavy atom. The number of anilines is 1. The predicted molar refractivity (Wildman–Crippen MR) is 124 cm³/mol. The molecule has 0 aliphatic carbocycles. The molecule has 0 fully saturated rings. The lowest BCUT2D eigenvalue weighted by Crippen LogP contribution is -2.08. The van der Waals surface area contributed by atoms with Gasteiger partial charge in [0, 0.05) is 32.5 Å². The number of rotatable bonds is 17. The summed E-state index contributed by atoms with van der Waals surface area (Å²) in [4.78, 5) is 6.69. The standard InChI is InChI=1S/C25H44N2/c1-4-5-6-7-8-9-10-11-12-13-14-15-16-17-22-26-23-24-18-20-25(21-19-24)27(2)3/h18-21,23H,4-17,22H2,1-3H3. The number of nitrogens with zero attached hydrogens (tertiary/aromatic N) is 2. The first-order valence-electron chi connectivity index (χ1n) is 11.5. The lowest BCUT2D eigenvalue weighted by Gasteiger charge is -2.11. The third-order valence-electron chi connectivity index (χ3n) is 5.29. The van der Waals surface area contributed by atoms with Crippen molar-refractivity contribution in [3.05, 3.63) is 29.8 Å². The first-order valence-corrected chi connectivity index (χ1v) is 11.5. The van der Waals surface area contributed by atoms with E-state index in [4.69, 9.17) is 0 Å². The van der Waals surface area contributed by atoms with Gasteiger partial charge in [-0.25, -0.2) is 0 Å². The van der Waals surface area contributed by atoms with Crippen molar-refractivity contribution >= 4 is 11.9 Å². The van der Waals surface area contributed by atoms with Gasteiger partial charge in [0.25, 0.3) is 0 Å². The SMILES string of the molecule is CCCCCCCCCCCCCCCCN=Cc1ccc(N(C)C)cc1. The van der Waals surface area contributed by atoms with Gasteiger partial charge in [-0.05, 0) is 24.1 Å². The third-order valence-corrected chi connectivity index (χ3v) is 5.29. The molecule has 1 rings (SSSR count). The molecule has 0 radical (unpaired) electrons. The Kier molecular flexibility index (Phi) is 14.8. The van der Waals surface area contributed by atoms with Crippen molar-refractivity contribution in [1.82, 2.24) is 0 Å². The summed E-state index contributed by atoms with van der Waals surface area (Å²) in [5.74, 6) is 0. The molecule has 0 saturated heterocycles. The van der Waals surface area contributed by atoms with Gasteiger partial charge in [-0.1, -0.05) is 103 Å². The fraction of sp³-hybridized carbons (Fsp3) is 0.720. The van der Waals surface area contributed by atoms with Gasteiger partial charge in [-0.15, -0.1) is 0 Å². The second-order valence-electron chi connectivity index (χ2n) is 8.12. The molecule has 0 unspecified atom stereocenters. The van der Waals surface area contributed by atoms with Crippen molar-refractivity contribution in [1.29, 1.82) is 0 Å². The molecule has 1 aromatic carbocycles. The molecule has 0 bridgehead atoms. The lowest BCUT2D eigenvalue weighted by molar-refractivity contribution is 0.536. The van der Waals surface area contributed by atoms with Gasteiger partial charge in [-0.2, -0.15) is 0 Å². The molecule has 2 heteroatoms. The molecule has 2 nitrogen and oxygen atoms in total. The zero-order chi connectivity index (χ0) is 19.6. The van der Waals surface area contributed by atoms with Crippen LogP contribution in [0.2, 0.25) is 0 Å². The van der Waals surface area contributed by atoms with E-state index in [-0.39, 0.29) is 0 Å². The molecule has 0 atom stereocenters. The number of hydrogen-bond acceptors (Lipinski definition) is 2. The molecule has 0 aromatic heterocycles. The van der Waals surface area contributed by atoms with Gasteiger partial charge >= 0.3 is 0 Å². The first kappa shape index (κ1) is 23.7. The second-order valence-corrected chi connectivity index (χ2v) is 8.12. The topological polar surface area (TPSA) is 15.6 Å². The van der Waals surface area contributed by atoms with E-state index in [0.717, 1.165) is 6.54 Å². The summed E-state index contributed by atoms with van der Waals surface area (Å²) in [6.45, 7) is 3.26. The maximum atomic E-state index is 4.57. The number of benzene rings is 1. The maximum absolute atomic E-state index is 4.57. The van der Waals surface area contributed by atoms with Crippen molar-refractivity contribution < 1.29 is 0 Å². The molecule has 0 amide bonds. The Morgan fingerprint density at radius 1 is 0.667 bits per heavy atom. The average molecular weight is 373 g/mol. The van der Waals surface area contributed by atoms with Crippen molar-refractivity contribution in [2.45, 2.75) is 96.8 Å². The molecule has 0 heterocycles. The molecule has 154 valence electrons. The van der Waals surface area contributed by atoms with Gasteiger partial charge in [0.15, 0.2) is 0 Å². The van der Waals surface area contributed by atoms with E-state index in [1.165, 1.54) is 101 Å². The predicted octanol–water partition coefficient (Wildman–Crippen LogP) is 7.65. The molecule has 27 heavy (non-hydrogen) atoms. The average Bonchev–Trinajstić information content (AvgIpc) is 2.68. The highest BCUT2D eigenvalue weighted by molar-refractivity contribution is 5.80. The molecular formula is C25H44N2. The summed E-state index contributed by atoms with van der Waals surface area (Å²) in [7, 11) is 4.14. The molecule has 0 spiro atoms. The summed E-state index contributed by atoms with van der Waals surface area (Å²) >= 11 is 0. The molecule has 1 aromatic rings. The van der Waals surface area contributed by atoms with E-state index in [0.29, 0.717) is 0 Å². The molecule has 0 N–H and O–H groups in total. The van der Waals surface area contributed by atoms with E-state index in [1.807, 2.05) is 6.21 Å². The van der Waals surface area contributed by atoms with E-state index >= 15 is 0 Å². The van der Waals surface area contributed by atoms with Crippen LogP contribution in [0.1, 0.15) is 102 Å². The fourth-order valence-corrected chi connectivity index (χ4v) is 3.43. The van der Waals surface area contributed by atoms with Gasteiger partial charge in [0.05, 0.1) is 0 Å². The van der Waals surface area contributed by atoms with Gasteiger partial charge < -0.3 is 4.90 Å². The highest BCUT2D eigenvalue weighted by Gasteiger charge is 1.95. The summed E-state index contributed by atoms with van der Waals surface area (Å²) in [5.41, 5.74) is 2.44. The van der Waals surface area contributed by atoms with Crippen LogP contribution in [0.15, 0.2) is 29.3 Å². The molecule has 0 aliphatic rings. The summed E-state index contributed by atoms with van der Waals surface area (Å²) in [5, 5.41) is 0. The van der Waals surface area contributed by atoms with Crippen molar-refractivity contribution in [3.8, 4) is 0 Å². The van der Waals surface area contributed by atoms with Crippen LogP contribution in [-0.2, 0) is 0 Å². The second kappa shape index (κ2) is 16.8. The van der Waals surface area contributed by atoms with Crippen molar-refractivity contribution in [2.24, 2.45) is 4.99 Å². The first-order chi connectivity index (χ1) is 13.2. The Hall–Kier alpha value is -1.31. The van der Waals surface area contributed by atoms with Crippen LogP contribution in [0, 0.1) is 0 Å². The van der Waals surface area contributed by atoms with Crippen LogP contribution < -0.4 is 4.90 Å². The van der Waals surface area contributed by atoms with Crippen LogP contribution in [0.5, 0.6) is 0 Å². The van der Waals surface area contributed by atoms with Gasteiger partial charge in [0.2, 0.25) is 0 Å². The van der Waals surface area contributed by atoms with Crippen molar-refractivity contribution in [3.63, 3.8) is 0 Å². The molecule has 0 saturated carbocycles. The normalized spacial score (nSPS) is 11.4. The minimum Gasteiger partial charge on any atom is -0.378 e. The third kappa shape index (κ3) is 13.5. The Balaban J connectivity index is 1.86. The van der Waals surface area contributed by atoms with E-state index < -0.39 is 0 Å². The van der Waals surface area contributed by atoms with E-state index in [1.54, 1.807) is 0 Å². The van der Waals surface area contributed by atoms with E-state index in [2.05, 4.69) is 55.2 Å². The number of aliphatic imine (C=N–C) groups is 1. The largest absolute Gasteiger partial charge is 0.378 e. The Morgan fingerprint density at radius 3 is 1.56 bits per heavy atom. The highest BCUT2D eigenvalue weighted by atomic mass is 15.1. The molecular weight excluding hydrogens is 328 g/mol. The van der Waals surface area contributed by atoms with Crippen LogP contribution in [0.25, 0.3) is 0 Å². The van der Waals surface area contributed by atoms with Gasteiger partial charge in [0.1, 0.15) is 0 Å². The Bertz CT molecular complexity index is 462. The number of hydrogen-bond donors (Lipinski definition) is 0. The van der Waals surface area contributed by atoms with E-state index in [9.17, 15) is 0 Å². The zero-order valence-corrected chi connectivity index (χ0v) is 18.4. The Labute approximate surface area is 169 Å². The zero-order valence-electron chi connectivity index (χ0n) is 18.4. The molecule has 0 aliphatic heterocycles. The van der Waals surface area contributed by atoms with Crippen LogP contribution >= 0.6 is 0 Å².